The predicted molar refractivity (Wildman–Crippen MR) is 105 cm³/mol. The first-order chi connectivity index (χ1) is 13.6. The van der Waals surface area contributed by atoms with Gasteiger partial charge in [0, 0.05) is 51.7 Å². The summed E-state index contributed by atoms with van der Waals surface area (Å²) < 4.78 is 16.2. The summed E-state index contributed by atoms with van der Waals surface area (Å²) in [5.41, 5.74) is 3.67. The lowest BCUT2D eigenvalue weighted by molar-refractivity contribution is -0.117. The first-order valence-electron chi connectivity index (χ1n) is 9.61. The van der Waals surface area contributed by atoms with E-state index in [4.69, 9.17) is 0 Å². The SMILES string of the molecule is CN1CC=CC(N2CCN(Cc3cc4c5c(cnn5CC(=O)N4)c3)CC2)=C1F. The van der Waals surface area contributed by atoms with Gasteiger partial charge < -0.3 is 15.1 Å². The van der Waals surface area contributed by atoms with E-state index in [-0.39, 0.29) is 18.4 Å². The maximum absolute atomic E-state index is 14.4. The quantitative estimate of drug-likeness (QED) is 0.820. The predicted octanol–water partition coefficient (Wildman–Crippen LogP) is 1.75. The third kappa shape index (κ3) is 2.93. The Morgan fingerprint density at radius 3 is 2.86 bits per heavy atom. The molecule has 1 aromatic heterocycles. The van der Waals surface area contributed by atoms with Gasteiger partial charge in [-0.3, -0.25) is 14.4 Å². The standard InChI is InChI=1S/C20H23FN6O/c1-24-4-2-3-17(20(24)21)26-7-5-25(6-8-26)12-14-9-15-11-22-27-13-18(28)23-16(10-14)19(15)27/h2-3,9-11H,4-8,12-13H2,1H3,(H,23,28). The van der Waals surface area contributed by atoms with Gasteiger partial charge in [0.05, 0.1) is 23.1 Å². The molecule has 3 aliphatic rings. The maximum Gasteiger partial charge on any atom is 0.246 e. The first-order valence-corrected chi connectivity index (χ1v) is 9.61. The van der Waals surface area contributed by atoms with E-state index in [2.05, 4.69) is 26.3 Å². The molecule has 8 heteroatoms. The van der Waals surface area contributed by atoms with Crippen molar-refractivity contribution >= 4 is 22.5 Å². The molecule has 3 aliphatic heterocycles. The fourth-order valence-corrected chi connectivity index (χ4v) is 4.24. The van der Waals surface area contributed by atoms with Gasteiger partial charge in [-0.2, -0.15) is 9.49 Å². The van der Waals surface area contributed by atoms with E-state index in [1.54, 1.807) is 16.6 Å². The molecular weight excluding hydrogens is 359 g/mol. The van der Waals surface area contributed by atoms with Gasteiger partial charge in [-0.05, 0) is 23.8 Å². The van der Waals surface area contributed by atoms with E-state index in [1.165, 1.54) is 0 Å². The van der Waals surface area contributed by atoms with Gasteiger partial charge in [-0.1, -0.05) is 6.08 Å². The van der Waals surface area contributed by atoms with E-state index in [9.17, 15) is 9.18 Å². The summed E-state index contributed by atoms with van der Waals surface area (Å²) in [6.07, 6.45) is 5.71. The van der Waals surface area contributed by atoms with Crippen LogP contribution >= 0.6 is 0 Å². The molecule has 146 valence electrons. The Morgan fingerprint density at radius 1 is 1.21 bits per heavy atom. The average molecular weight is 382 g/mol. The van der Waals surface area contributed by atoms with Gasteiger partial charge in [0.2, 0.25) is 11.9 Å². The summed E-state index contributed by atoms with van der Waals surface area (Å²) in [6, 6.07) is 4.19. The molecule has 0 unspecified atom stereocenters. The number of halogens is 1. The number of carbonyl (C=O) groups is 1. The minimum atomic E-state index is -0.145. The highest BCUT2D eigenvalue weighted by Gasteiger charge is 2.24. The lowest BCUT2D eigenvalue weighted by atomic mass is 10.1. The van der Waals surface area contributed by atoms with Crippen LogP contribution in [0.1, 0.15) is 5.56 Å². The number of likely N-dealkylation sites (N-methyl/N-ethyl adjacent to an activating group) is 1. The number of aromatic nitrogens is 2. The second kappa shape index (κ2) is 6.63. The molecule has 0 bridgehead atoms. The van der Waals surface area contributed by atoms with Crippen molar-refractivity contribution in [2.75, 3.05) is 45.1 Å². The highest BCUT2D eigenvalue weighted by atomic mass is 19.1. The van der Waals surface area contributed by atoms with Gasteiger partial charge >= 0.3 is 0 Å². The second-order valence-electron chi connectivity index (χ2n) is 7.65. The number of nitrogens with one attached hydrogen (secondary N) is 1. The zero-order valence-corrected chi connectivity index (χ0v) is 15.9. The molecule has 1 amide bonds. The van der Waals surface area contributed by atoms with Gasteiger partial charge in [-0.15, -0.1) is 0 Å². The van der Waals surface area contributed by atoms with Crippen molar-refractivity contribution < 1.29 is 9.18 Å². The highest BCUT2D eigenvalue weighted by Crippen LogP contribution is 2.29. The van der Waals surface area contributed by atoms with Gasteiger partial charge in [0.1, 0.15) is 6.54 Å². The Hall–Kier alpha value is -2.87. The molecule has 0 spiro atoms. The third-order valence-corrected chi connectivity index (χ3v) is 5.68. The first kappa shape index (κ1) is 17.2. The number of benzene rings is 1. The van der Waals surface area contributed by atoms with Crippen molar-refractivity contribution in [3.05, 3.63) is 47.7 Å². The Morgan fingerprint density at radius 2 is 2.04 bits per heavy atom. The van der Waals surface area contributed by atoms with Crippen molar-refractivity contribution in [3.8, 4) is 0 Å². The summed E-state index contributed by atoms with van der Waals surface area (Å²) >= 11 is 0. The van der Waals surface area contributed by atoms with Crippen molar-refractivity contribution in [2.45, 2.75) is 13.1 Å². The maximum atomic E-state index is 14.4. The van der Waals surface area contributed by atoms with Crippen molar-refractivity contribution in [2.24, 2.45) is 0 Å². The zero-order valence-electron chi connectivity index (χ0n) is 15.9. The summed E-state index contributed by atoms with van der Waals surface area (Å²) in [5.74, 6) is -0.183. The summed E-state index contributed by atoms with van der Waals surface area (Å²) in [7, 11) is 1.78. The molecule has 0 radical (unpaired) electrons. The van der Waals surface area contributed by atoms with Crippen LogP contribution in [0.4, 0.5) is 10.1 Å². The second-order valence-corrected chi connectivity index (χ2v) is 7.65. The van der Waals surface area contributed by atoms with Crippen molar-refractivity contribution in [1.29, 1.82) is 0 Å². The molecule has 5 rings (SSSR count). The number of amides is 1. The van der Waals surface area contributed by atoms with E-state index in [0.717, 1.165) is 54.9 Å². The monoisotopic (exact) mass is 382 g/mol. The van der Waals surface area contributed by atoms with E-state index >= 15 is 0 Å². The molecule has 7 nitrogen and oxygen atoms in total. The van der Waals surface area contributed by atoms with Crippen LogP contribution in [0.2, 0.25) is 0 Å². The molecule has 0 atom stereocenters. The Balaban J connectivity index is 1.29. The molecule has 4 heterocycles. The number of anilines is 1. The molecular formula is C20H23FN6O. The zero-order chi connectivity index (χ0) is 19.3. The van der Waals surface area contributed by atoms with Crippen LogP contribution in [0.3, 0.4) is 0 Å². The third-order valence-electron chi connectivity index (χ3n) is 5.68. The number of carbonyl (C=O) groups excluding carboxylic acids is 1. The van der Waals surface area contributed by atoms with Gasteiger partial charge in [-0.25, -0.2) is 0 Å². The molecule has 1 N–H and O–H groups in total. The molecule has 1 saturated heterocycles. The Bertz CT molecular complexity index is 1000. The van der Waals surface area contributed by atoms with Crippen LogP contribution in [0, 0.1) is 0 Å². The number of piperazine rings is 1. The molecule has 1 aromatic carbocycles. The minimum Gasteiger partial charge on any atom is -0.365 e. The smallest absolute Gasteiger partial charge is 0.246 e. The normalized spacial score (nSPS) is 20.3. The molecule has 0 saturated carbocycles. The number of hydrogen-bond acceptors (Lipinski definition) is 5. The fourth-order valence-electron chi connectivity index (χ4n) is 4.24. The van der Waals surface area contributed by atoms with Crippen LogP contribution in [-0.2, 0) is 17.9 Å². The highest BCUT2D eigenvalue weighted by molar-refractivity contribution is 6.04. The van der Waals surface area contributed by atoms with Crippen LogP contribution in [0.5, 0.6) is 0 Å². The largest absolute Gasteiger partial charge is 0.365 e. The lowest BCUT2D eigenvalue weighted by Gasteiger charge is -2.38. The molecule has 1 fully saturated rings. The van der Waals surface area contributed by atoms with Gasteiger partial charge in [0.25, 0.3) is 0 Å². The van der Waals surface area contributed by atoms with Crippen molar-refractivity contribution in [1.82, 2.24) is 24.5 Å². The summed E-state index contributed by atoms with van der Waals surface area (Å²) in [6.45, 7) is 5.02. The van der Waals surface area contributed by atoms with E-state index in [0.29, 0.717) is 12.2 Å². The number of rotatable bonds is 3. The summed E-state index contributed by atoms with van der Waals surface area (Å²) in [4.78, 5) is 18.0. The Kier molecular flexibility index (Phi) is 4.08. The molecule has 0 aliphatic carbocycles. The van der Waals surface area contributed by atoms with E-state index in [1.807, 2.05) is 24.4 Å². The molecule has 28 heavy (non-hydrogen) atoms. The Labute approximate surface area is 162 Å². The number of allylic oxidation sites excluding steroid dienone is 1. The van der Waals surface area contributed by atoms with Crippen LogP contribution in [0.25, 0.3) is 10.9 Å². The van der Waals surface area contributed by atoms with Crippen LogP contribution in [0.15, 0.2) is 42.1 Å². The lowest BCUT2D eigenvalue weighted by Crippen LogP contribution is -2.46. The van der Waals surface area contributed by atoms with Crippen molar-refractivity contribution in [3.63, 3.8) is 0 Å². The average Bonchev–Trinajstić information content (AvgIpc) is 3.08. The van der Waals surface area contributed by atoms with Crippen LogP contribution in [-0.4, -0.2) is 70.2 Å². The minimum absolute atomic E-state index is 0.0379. The number of hydrogen-bond donors (Lipinski definition) is 1. The van der Waals surface area contributed by atoms with E-state index < -0.39 is 0 Å². The molecule has 2 aromatic rings. The number of nitrogens with zero attached hydrogens (tertiary/aromatic N) is 5. The van der Waals surface area contributed by atoms with Crippen LogP contribution < -0.4 is 5.32 Å². The topological polar surface area (TPSA) is 56.6 Å². The fraction of sp³-hybridized carbons (Fsp3) is 0.400. The van der Waals surface area contributed by atoms with Gasteiger partial charge in [0.15, 0.2) is 0 Å². The summed E-state index contributed by atoms with van der Waals surface area (Å²) in [5, 5.41) is 8.33.